The van der Waals surface area contributed by atoms with Gasteiger partial charge >= 0.3 is 11.9 Å². The van der Waals surface area contributed by atoms with Crippen molar-refractivity contribution < 1.29 is 33.3 Å². The van der Waals surface area contributed by atoms with Gasteiger partial charge in [0.2, 0.25) is 0 Å². The van der Waals surface area contributed by atoms with Crippen LogP contribution in [-0.2, 0) is 19.1 Å². The minimum atomic E-state index is -0.652. The molecule has 1 rings (SSSR count). The Kier molecular flexibility index (Phi) is 10.9. The Morgan fingerprint density at radius 1 is 0.833 bits per heavy atom. The lowest BCUT2D eigenvalue weighted by Gasteiger charge is -2.21. The highest BCUT2D eigenvalue weighted by atomic mass is 35.5. The average Bonchev–Trinajstić information content (AvgIpc) is 2.55. The number of halogens is 1. The van der Waals surface area contributed by atoms with Crippen molar-refractivity contribution in [2.75, 3.05) is 26.8 Å². The maximum absolute atomic E-state index is 12.1. The number of Topliss-reactive ketones (excluding diaryl/α,β-unsaturated/α-hetero) is 1. The van der Waals surface area contributed by atoms with Gasteiger partial charge in [0.15, 0.2) is 30.5 Å². The van der Waals surface area contributed by atoms with Crippen LogP contribution < -0.4 is 14.8 Å². The standard InChI is InChI=1S/C21H31NO7.ClH/c1-20(2,3)28-18(24)12-26-16-9-8-14(15(23)11-22-7)10-17(16)27-13-19(25)29-21(4,5)6;/h8-10,22H,11-13H2,1-7H3;1H. The van der Waals surface area contributed by atoms with Crippen molar-refractivity contribution in [3.8, 4) is 11.5 Å². The fraction of sp³-hybridized carbons (Fsp3) is 0.571. The second-order valence-corrected chi connectivity index (χ2v) is 8.37. The Morgan fingerprint density at radius 2 is 1.30 bits per heavy atom. The molecule has 0 saturated carbocycles. The minimum absolute atomic E-state index is 0. The van der Waals surface area contributed by atoms with Gasteiger partial charge in [-0.15, -0.1) is 12.4 Å². The van der Waals surface area contributed by atoms with Gasteiger partial charge in [0.1, 0.15) is 11.2 Å². The molecule has 9 heteroatoms. The molecule has 0 unspecified atom stereocenters. The molecule has 0 heterocycles. The van der Waals surface area contributed by atoms with Gasteiger partial charge in [0, 0.05) is 5.56 Å². The highest BCUT2D eigenvalue weighted by Gasteiger charge is 2.20. The van der Waals surface area contributed by atoms with Crippen molar-refractivity contribution in [3.05, 3.63) is 23.8 Å². The van der Waals surface area contributed by atoms with Crippen LogP contribution in [-0.4, -0.2) is 55.7 Å². The lowest BCUT2D eigenvalue weighted by atomic mass is 10.1. The molecule has 0 aromatic heterocycles. The highest BCUT2D eigenvalue weighted by Crippen LogP contribution is 2.29. The van der Waals surface area contributed by atoms with Crippen LogP contribution in [0, 0.1) is 0 Å². The van der Waals surface area contributed by atoms with E-state index >= 15 is 0 Å². The third-order valence-corrected chi connectivity index (χ3v) is 3.13. The van der Waals surface area contributed by atoms with Crippen LogP contribution in [0.4, 0.5) is 0 Å². The molecule has 0 saturated heterocycles. The third kappa shape index (κ3) is 11.0. The SMILES string of the molecule is CNCC(=O)c1ccc(OCC(=O)OC(C)(C)C)c(OCC(=O)OC(C)(C)C)c1.Cl. The molecule has 0 spiro atoms. The van der Waals surface area contributed by atoms with Crippen molar-refractivity contribution in [1.29, 1.82) is 0 Å². The monoisotopic (exact) mass is 445 g/mol. The van der Waals surface area contributed by atoms with E-state index in [1.54, 1.807) is 54.7 Å². The minimum Gasteiger partial charge on any atom is -0.478 e. The largest absolute Gasteiger partial charge is 0.478 e. The Morgan fingerprint density at radius 3 is 1.73 bits per heavy atom. The number of nitrogens with one attached hydrogen (secondary N) is 1. The predicted molar refractivity (Wildman–Crippen MR) is 115 cm³/mol. The van der Waals surface area contributed by atoms with E-state index in [0.717, 1.165) is 0 Å². The zero-order valence-electron chi connectivity index (χ0n) is 18.6. The molecule has 0 amide bonds. The summed E-state index contributed by atoms with van der Waals surface area (Å²) in [4.78, 5) is 36.0. The first kappa shape index (κ1) is 27.7. The topological polar surface area (TPSA) is 100 Å². The van der Waals surface area contributed by atoms with E-state index in [0.29, 0.717) is 5.56 Å². The molecule has 1 aromatic rings. The van der Waals surface area contributed by atoms with Crippen LogP contribution in [0.5, 0.6) is 11.5 Å². The van der Waals surface area contributed by atoms with E-state index < -0.39 is 23.1 Å². The van der Waals surface area contributed by atoms with Gasteiger partial charge in [0.05, 0.1) is 6.54 Å². The number of ether oxygens (including phenoxy) is 4. The number of hydrogen-bond donors (Lipinski definition) is 1. The van der Waals surface area contributed by atoms with E-state index in [-0.39, 0.29) is 49.4 Å². The summed E-state index contributed by atoms with van der Waals surface area (Å²) in [6.45, 7) is 9.93. The van der Waals surface area contributed by atoms with E-state index in [4.69, 9.17) is 18.9 Å². The molecule has 0 aliphatic rings. The molecule has 0 atom stereocenters. The van der Waals surface area contributed by atoms with E-state index in [1.165, 1.54) is 12.1 Å². The van der Waals surface area contributed by atoms with Gasteiger partial charge in [-0.25, -0.2) is 9.59 Å². The summed E-state index contributed by atoms with van der Waals surface area (Å²) in [5.74, 6) is -0.913. The zero-order valence-corrected chi connectivity index (χ0v) is 19.4. The molecule has 1 aromatic carbocycles. The summed E-state index contributed by atoms with van der Waals surface area (Å²) in [5, 5.41) is 2.78. The lowest BCUT2D eigenvalue weighted by Crippen LogP contribution is -2.28. The van der Waals surface area contributed by atoms with Crippen LogP contribution in [0.1, 0.15) is 51.9 Å². The molecule has 0 aliphatic heterocycles. The quantitative estimate of drug-likeness (QED) is 0.457. The molecule has 0 radical (unpaired) electrons. The van der Waals surface area contributed by atoms with E-state index in [2.05, 4.69) is 5.32 Å². The Labute approximate surface area is 184 Å². The smallest absolute Gasteiger partial charge is 0.344 e. The first-order valence-electron chi connectivity index (χ1n) is 9.32. The normalized spacial score (nSPS) is 11.2. The first-order valence-corrected chi connectivity index (χ1v) is 9.32. The predicted octanol–water partition coefficient (Wildman–Crippen LogP) is 2.95. The van der Waals surface area contributed by atoms with Gasteiger partial charge in [-0.3, -0.25) is 4.79 Å². The fourth-order valence-corrected chi connectivity index (χ4v) is 2.19. The average molecular weight is 446 g/mol. The van der Waals surface area contributed by atoms with Gasteiger partial charge < -0.3 is 24.3 Å². The van der Waals surface area contributed by atoms with Gasteiger partial charge in [-0.05, 0) is 66.8 Å². The second-order valence-electron chi connectivity index (χ2n) is 8.37. The number of carbonyl (C=O) groups excluding carboxylic acids is 3. The maximum Gasteiger partial charge on any atom is 0.344 e. The van der Waals surface area contributed by atoms with Crippen molar-refractivity contribution in [3.63, 3.8) is 0 Å². The number of hydrogen-bond acceptors (Lipinski definition) is 8. The lowest BCUT2D eigenvalue weighted by molar-refractivity contribution is -0.158. The molecule has 8 nitrogen and oxygen atoms in total. The Bertz CT molecular complexity index is 736. The van der Waals surface area contributed by atoms with Crippen LogP contribution in [0.2, 0.25) is 0 Å². The van der Waals surface area contributed by atoms with Crippen molar-refractivity contribution in [1.82, 2.24) is 5.32 Å². The molecule has 0 fully saturated rings. The van der Waals surface area contributed by atoms with E-state index in [1.807, 2.05) is 0 Å². The zero-order chi connectivity index (χ0) is 22.2. The second kappa shape index (κ2) is 11.8. The maximum atomic E-state index is 12.1. The fourth-order valence-electron chi connectivity index (χ4n) is 2.19. The summed E-state index contributed by atoms with van der Waals surface area (Å²) in [6, 6.07) is 4.54. The molecule has 0 aliphatic carbocycles. The summed E-state index contributed by atoms with van der Waals surface area (Å²) in [6.07, 6.45) is 0. The molecule has 1 N–H and O–H groups in total. The molecular weight excluding hydrogens is 414 g/mol. The number of benzene rings is 1. The van der Waals surface area contributed by atoms with E-state index in [9.17, 15) is 14.4 Å². The number of esters is 2. The van der Waals surface area contributed by atoms with Crippen LogP contribution >= 0.6 is 12.4 Å². The van der Waals surface area contributed by atoms with Gasteiger partial charge in [-0.2, -0.15) is 0 Å². The van der Waals surface area contributed by atoms with Gasteiger partial charge in [0.25, 0.3) is 0 Å². The number of carbonyl (C=O) groups is 3. The van der Waals surface area contributed by atoms with Crippen molar-refractivity contribution >= 4 is 30.1 Å². The highest BCUT2D eigenvalue weighted by molar-refractivity contribution is 5.98. The summed E-state index contributed by atoms with van der Waals surface area (Å²) < 4.78 is 21.4. The van der Waals surface area contributed by atoms with Crippen molar-refractivity contribution in [2.24, 2.45) is 0 Å². The molecule has 170 valence electrons. The molecule has 30 heavy (non-hydrogen) atoms. The summed E-state index contributed by atoms with van der Waals surface area (Å²) in [7, 11) is 1.66. The number of ketones is 1. The Hall–Kier alpha value is -2.32. The number of rotatable bonds is 9. The third-order valence-electron chi connectivity index (χ3n) is 3.13. The first-order chi connectivity index (χ1) is 13.3. The Balaban J connectivity index is 0.00000841. The summed E-state index contributed by atoms with van der Waals surface area (Å²) >= 11 is 0. The number of likely N-dealkylation sites (N-methyl/N-ethyl adjacent to an activating group) is 1. The molecule has 0 bridgehead atoms. The van der Waals surface area contributed by atoms with Crippen LogP contribution in [0.3, 0.4) is 0 Å². The van der Waals surface area contributed by atoms with Crippen LogP contribution in [0.25, 0.3) is 0 Å². The summed E-state index contributed by atoms with van der Waals surface area (Å²) in [5.41, 5.74) is -0.913. The molecular formula is C21H32ClNO7. The van der Waals surface area contributed by atoms with Crippen LogP contribution in [0.15, 0.2) is 18.2 Å². The van der Waals surface area contributed by atoms with Crippen molar-refractivity contribution in [2.45, 2.75) is 52.7 Å². The van der Waals surface area contributed by atoms with Gasteiger partial charge in [-0.1, -0.05) is 0 Å².